The number of hydrogen-bond donors (Lipinski definition) is 1. The zero-order chi connectivity index (χ0) is 19.4. The van der Waals surface area contributed by atoms with Crippen LogP contribution < -0.4 is 0 Å². The van der Waals surface area contributed by atoms with Crippen molar-refractivity contribution in [3.8, 4) is 0 Å². The fourth-order valence-corrected chi connectivity index (χ4v) is 8.08. The molecule has 4 bridgehead atoms. The van der Waals surface area contributed by atoms with E-state index in [1.165, 1.54) is 6.92 Å². The highest BCUT2D eigenvalue weighted by Crippen LogP contribution is 2.78. The molecule has 4 fully saturated rings. The van der Waals surface area contributed by atoms with Gasteiger partial charge in [0.05, 0.1) is 11.3 Å². The summed E-state index contributed by atoms with van der Waals surface area (Å²) in [6.45, 7) is 5.33. The Hall–Kier alpha value is -1.85. The molecule has 0 aromatic heterocycles. The molecule has 0 aromatic carbocycles. The van der Waals surface area contributed by atoms with E-state index in [9.17, 15) is 19.5 Å². The zero-order valence-corrected chi connectivity index (χ0v) is 16.0. The van der Waals surface area contributed by atoms with Crippen molar-refractivity contribution in [2.45, 2.75) is 64.1 Å². The van der Waals surface area contributed by atoms with E-state index in [1.807, 2.05) is 19.1 Å². The number of carboxylic acids is 1. The minimum absolute atomic E-state index is 0.000424. The van der Waals surface area contributed by atoms with Crippen molar-refractivity contribution in [3.63, 3.8) is 0 Å². The lowest BCUT2D eigenvalue weighted by atomic mass is 9.62. The van der Waals surface area contributed by atoms with Crippen LogP contribution in [0.25, 0.3) is 0 Å². The fourth-order valence-electron chi connectivity index (χ4n) is 8.08. The smallest absolute Gasteiger partial charge is 0.316 e. The number of carbonyl (C=O) groups is 3. The Morgan fingerprint density at radius 3 is 2.78 bits per heavy atom. The van der Waals surface area contributed by atoms with Crippen LogP contribution in [-0.2, 0) is 23.9 Å². The number of esters is 2. The topological polar surface area (TPSA) is 89.9 Å². The molecule has 1 N–H and O–H groups in total. The number of aliphatic carboxylic acids is 1. The highest BCUT2D eigenvalue weighted by Gasteiger charge is 2.83. The molecular formula is C21H26O6. The minimum atomic E-state index is -0.886. The van der Waals surface area contributed by atoms with Gasteiger partial charge in [-0.25, -0.2) is 0 Å². The Bertz CT molecular complexity index is 802. The normalized spacial score (nSPS) is 54.3. The summed E-state index contributed by atoms with van der Waals surface area (Å²) in [6, 6.07) is 0. The third kappa shape index (κ3) is 1.71. The minimum Gasteiger partial charge on any atom is -0.481 e. The number of carbonyl (C=O) groups excluding carboxylic acids is 2. The first-order valence-electron chi connectivity index (χ1n) is 9.95. The van der Waals surface area contributed by atoms with E-state index < -0.39 is 33.9 Å². The summed E-state index contributed by atoms with van der Waals surface area (Å²) in [5.74, 6) is -2.36. The van der Waals surface area contributed by atoms with Crippen molar-refractivity contribution < 1.29 is 29.0 Å². The summed E-state index contributed by atoms with van der Waals surface area (Å²) >= 11 is 0. The van der Waals surface area contributed by atoms with Gasteiger partial charge in [0.15, 0.2) is 0 Å². The SMILES string of the molecule is CC(=O)O[C@]12CC[C@@H]3[C@](C[C@@H]1C)(C2)[C@@H](C(=O)O)[C@H]1[C@@]32CC=C[C@]1(C)C(=O)O2. The summed E-state index contributed by atoms with van der Waals surface area (Å²) in [6.07, 6.45) is 7.17. The third-order valence-electron chi connectivity index (χ3n) is 8.71. The maximum absolute atomic E-state index is 12.8. The predicted octanol–water partition coefficient (Wildman–Crippen LogP) is 2.71. The van der Waals surface area contributed by atoms with Gasteiger partial charge < -0.3 is 14.6 Å². The number of ether oxygens (including phenoxy) is 2. The molecule has 0 amide bonds. The molecule has 6 nitrogen and oxygen atoms in total. The van der Waals surface area contributed by atoms with Gasteiger partial charge >= 0.3 is 17.9 Å². The lowest BCUT2D eigenvalue weighted by Crippen LogP contribution is -2.49. The maximum atomic E-state index is 12.8. The van der Waals surface area contributed by atoms with Gasteiger partial charge in [-0.05, 0) is 43.9 Å². The van der Waals surface area contributed by atoms with E-state index in [2.05, 4.69) is 6.92 Å². The molecule has 6 heteroatoms. The number of rotatable bonds is 2. The summed E-state index contributed by atoms with van der Waals surface area (Å²) in [5.41, 5.74) is -2.69. The van der Waals surface area contributed by atoms with Gasteiger partial charge in [0.25, 0.3) is 0 Å². The molecule has 3 saturated carbocycles. The molecule has 5 aliphatic rings. The van der Waals surface area contributed by atoms with E-state index in [-0.39, 0.29) is 29.7 Å². The van der Waals surface area contributed by atoms with E-state index in [0.29, 0.717) is 25.7 Å². The second kappa shape index (κ2) is 4.76. The second-order valence-electron chi connectivity index (χ2n) is 9.79. The molecule has 1 spiro atoms. The van der Waals surface area contributed by atoms with E-state index in [1.54, 1.807) is 0 Å². The van der Waals surface area contributed by atoms with Gasteiger partial charge in [0.1, 0.15) is 11.2 Å². The van der Waals surface area contributed by atoms with Crippen LogP contribution >= 0.6 is 0 Å². The van der Waals surface area contributed by atoms with Gasteiger partial charge in [-0.1, -0.05) is 19.1 Å². The van der Waals surface area contributed by atoms with Gasteiger partial charge in [-0.2, -0.15) is 0 Å². The van der Waals surface area contributed by atoms with Crippen molar-refractivity contribution in [2.75, 3.05) is 0 Å². The third-order valence-corrected chi connectivity index (χ3v) is 8.71. The van der Waals surface area contributed by atoms with Crippen LogP contribution in [0, 0.1) is 34.5 Å². The van der Waals surface area contributed by atoms with Gasteiger partial charge in [0, 0.05) is 25.2 Å². The Kier molecular flexibility index (Phi) is 3.04. The molecule has 0 radical (unpaired) electrons. The second-order valence-corrected chi connectivity index (χ2v) is 9.79. The van der Waals surface area contributed by atoms with Gasteiger partial charge in [-0.3, -0.25) is 14.4 Å². The molecule has 1 heterocycles. The van der Waals surface area contributed by atoms with Gasteiger partial charge in [-0.15, -0.1) is 0 Å². The molecular weight excluding hydrogens is 348 g/mol. The van der Waals surface area contributed by atoms with E-state index in [4.69, 9.17) is 9.47 Å². The first-order valence-corrected chi connectivity index (χ1v) is 9.95. The number of carboxylic acid groups (broad SMARTS) is 1. The quantitative estimate of drug-likeness (QED) is 0.590. The van der Waals surface area contributed by atoms with E-state index >= 15 is 0 Å². The largest absolute Gasteiger partial charge is 0.481 e. The molecule has 1 saturated heterocycles. The van der Waals surface area contributed by atoms with Crippen LogP contribution in [0.15, 0.2) is 12.2 Å². The van der Waals surface area contributed by atoms with Crippen LogP contribution in [0.1, 0.15) is 52.9 Å². The maximum Gasteiger partial charge on any atom is 0.316 e. The fraction of sp³-hybridized carbons (Fsp3) is 0.762. The highest BCUT2D eigenvalue weighted by molar-refractivity contribution is 5.86. The van der Waals surface area contributed by atoms with Crippen molar-refractivity contribution in [1.29, 1.82) is 0 Å². The molecule has 27 heavy (non-hydrogen) atoms. The van der Waals surface area contributed by atoms with Crippen molar-refractivity contribution in [2.24, 2.45) is 34.5 Å². The Morgan fingerprint density at radius 2 is 2.11 bits per heavy atom. The van der Waals surface area contributed by atoms with Crippen molar-refractivity contribution in [1.82, 2.24) is 0 Å². The van der Waals surface area contributed by atoms with Crippen LogP contribution in [0.5, 0.6) is 0 Å². The standard InChI is InChI=1S/C21H26O6/c1-11-9-19-10-20(11,26-12(2)22)8-5-13(19)21-7-4-6-18(3,17(25)27-21)15(21)14(19)16(23)24/h4,6,11,13-15H,5,7-10H2,1-3H3,(H,23,24)/t11-,13+,14+,15+,18-,19-,20-,21+/m0/s1. The average Bonchev–Trinajstić information content (AvgIpc) is 2.96. The molecule has 1 aliphatic heterocycles. The first kappa shape index (κ1) is 17.3. The highest BCUT2D eigenvalue weighted by atomic mass is 16.6. The summed E-state index contributed by atoms with van der Waals surface area (Å²) in [5, 5.41) is 10.3. The lowest BCUT2D eigenvalue weighted by Gasteiger charge is -2.46. The van der Waals surface area contributed by atoms with Crippen molar-refractivity contribution in [3.05, 3.63) is 12.2 Å². The van der Waals surface area contributed by atoms with E-state index in [0.717, 1.165) is 6.42 Å². The predicted molar refractivity (Wildman–Crippen MR) is 93.4 cm³/mol. The number of fused-ring (bicyclic) bond motifs is 1. The Labute approximate surface area is 158 Å². The molecule has 146 valence electrons. The monoisotopic (exact) mass is 374 g/mol. The lowest BCUT2D eigenvalue weighted by molar-refractivity contribution is -0.172. The van der Waals surface area contributed by atoms with Crippen LogP contribution in [0.4, 0.5) is 0 Å². The molecule has 0 unspecified atom stereocenters. The molecule has 5 rings (SSSR count). The summed E-state index contributed by atoms with van der Waals surface area (Å²) < 4.78 is 11.9. The molecule has 4 aliphatic carbocycles. The van der Waals surface area contributed by atoms with Crippen LogP contribution in [0.3, 0.4) is 0 Å². The van der Waals surface area contributed by atoms with Crippen LogP contribution in [0.2, 0.25) is 0 Å². The first-order chi connectivity index (χ1) is 12.6. The average molecular weight is 374 g/mol. The molecule has 0 aromatic rings. The van der Waals surface area contributed by atoms with Crippen molar-refractivity contribution >= 4 is 17.9 Å². The Balaban J connectivity index is 1.69. The Morgan fingerprint density at radius 1 is 1.37 bits per heavy atom. The summed E-state index contributed by atoms with van der Waals surface area (Å²) in [7, 11) is 0. The summed E-state index contributed by atoms with van der Waals surface area (Å²) in [4.78, 5) is 37.2. The molecule has 8 atom stereocenters. The zero-order valence-electron chi connectivity index (χ0n) is 16.0. The number of hydrogen-bond acceptors (Lipinski definition) is 5. The van der Waals surface area contributed by atoms with Crippen LogP contribution in [-0.4, -0.2) is 34.2 Å². The van der Waals surface area contributed by atoms with Gasteiger partial charge in [0.2, 0.25) is 0 Å².